The van der Waals surface area contributed by atoms with Gasteiger partial charge in [-0.25, -0.2) is 13.6 Å². The Morgan fingerprint density at radius 3 is 2.52 bits per heavy atom. The normalized spacial score (nSPS) is 13.2. The molecular weight excluding hydrogens is 284 g/mol. The van der Waals surface area contributed by atoms with Gasteiger partial charge in [-0.15, -0.1) is 0 Å². The first-order valence-electron chi connectivity index (χ1n) is 6.29. The van der Waals surface area contributed by atoms with Crippen molar-refractivity contribution in [2.24, 2.45) is 0 Å². The number of rotatable bonds is 6. The zero-order valence-corrected chi connectivity index (χ0v) is 12.0. The number of carbonyl (C=O) groups is 2. The molecule has 1 atom stereocenters. The molecule has 0 saturated carbocycles. The molecule has 7 heteroatoms. The van der Waals surface area contributed by atoms with Gasteiger partial charge in [-0.2, -0.15) is 0 Å². The van der Waals surface area contributed by atoms with Crippen LogP contribution in [0.2, 0.25) is 0 Å². The minimum absolute atomic E-state index is 0.247. The van der Waals surface area contributed by atoms with Crippen LogP contribution in [0.4, 0.5) is 8.78 Å². The molecule has 0 aliphatic heterocycles. The fraction of sp³-hybridized carbons (Fsp3) is 0.429. The number of nitrogens with one attached hydrogen (secondary N) is 1. The van der Waals surface area contributed by atoms with Crippen LogP contribution in [0.1, 0.15) is 20.3 Å². The predicted octanol–water partition coefficient (Wildman–Crippen LogP) is 1.80. The van der Waals surface area contributed by atoms with E-state index in [0.29, 0.717) is 12.5 Å². The van der Waals surface area contributed by atoms with Crippen LogP contribution in [0, 0.1) is 11.6 Å². The van der Waals surface area contributed by atoms with E-state index in [0.717, 1.165) is 12.1 Å². The molecular formula is C14H17F2NO4. The van der Waals surface area contributed by atoms with Gasteiger partial charge in [0.2, 0.25) is 0 Å². The smallest absolute Gasteiger partial charge is 0.331 e. The van der Waals surface area contributed by atoms with E-state index >= 15 is 0 Å². The lowest BCUT2D eigenvalue weighted by Crippen LogP contribution is -2.53. The predicted molar refractivity (Wildman–Crippen MR) is 70.7 cm³/mol. The summed E-state index contributed by atoms with van der Waals surface area (Å²) in [5.41, 5.74) is -1.18. The van der Waals surface area contributed by atoms with Gasteiger partial charge in [0.1, 0.15) is 11.4 Å². The standard InChI is InChI=1S/C14H17F2NO4/c1-4-14(2,13(19)20-3)17-12(18)8-21-11-6-5-9(15)7-10(11)16/h5-7H,4,8H2,1-3H3,(H,17,18)/t14-/m0/s1. The molecule has 116 valence electrons. The van der Waals surface area contributed by atoms with E-state index in [9.17, 15) is 18.4 Å². The largest absolute Gasteiger partial charge is 0.481 e. The molecule has 1 rings (SSSR count). The molecule has 0 aliphatic carbocycles. The first-order chi connectivity index (χ1) is 9.82. The van der Waals surface area contributed by atoms with Crippen molar-refractivity contribution in [3.05, 3.63) is 29.8 Å². The third kappa shape index (κ3) is 4.40. The van der Waals surface area contributed by atoms with Crippen LogP contribution < -0.4 is 10.1 Å². The second-order valence-corrected chi connectivity index (χ2v) is 4.59. The van der Waals surface area contributed by atoms with E-state index in [4.69, 9.17) is 4.74 Å². The molecule has 1 aromatic carbocycles. The fourth-order valence-electron chi connectivity index (χ4n) is 1.59. The van der Waals surface area contributed by atoms with Crippen molar-refractivity contribution < 1.29 is 27.8 Å². The Balaban J connectivity index is 2.63. The summed E-state index contributed by atoms with van der Waals surface area (Å²) in [4.78, 5) is 23.3. The maximum Gasteiger partial charge on any atom is 0.331 e. The highest BCUT2D eigenvalue weighted by Gasteiger charge is 2.34. The van der Waals surface area contributed by atoms with Gasteiger partial charge in [0.25, 0.3) is 5.91 Å². The van der Waals surface area contributed by atoms with Crippen molar-refractivity contribution in [1.82, 2.24) is 5.32 Å². The minimum Gasteiger partial charge on any atom is -0.481 e. The van der Waals surface area contributed by atoms with Gasteiger partial charge >= 0.3 is 5.97 Å². The van der Waals surface area contributed by atoms with Gasteiger partial charge in [0.15, 0.2) is 18.2 Å². The molecule has 0 fully saturated rings. The summed E-state index contributed by atoms with van der Waals surface area (Å²) in [6, 6.07) is 2.75. The Morgan fingerprint density at radius 1 is 1.33 bits per heavy atom. The van der Waals surface area contributed by atoms with E-state index < -0.39 is 35.7 Å². The summed E-state index contributed by atoms with van der Waals surface area (Å²) >= 11 is 0. The summed E-state index contributed by atoms with van der Waals surface area (Å²) in [5.74, 6) is -3.11. The van der Waals surface area contributed by atoms with Gasteiger partial charge < -0.3 is 14.8 Å². The molecule has 21 heavy (non-hydrogen) atoms. The lowest BCUT2D eigenvalue weighted by atomic mass is 9.99. The van der Waals surface area contributed by atoms with E-state index in [-0.39, 0.29) is 5.75 Å². The molecule has 0 saturated heterocycles. The molecule has 0 aliphatic rings. The second kappa shape index (κ2) is 7.01. The number of benzene rings is 1. The molecule has 0 spiro atoms. The molecule has 0 heterocycles. The highest BCUT2D eigenvalue weighted by Crippen LogP contribution is 2.17. The van der Waals surface area contributed by atoms with Crippen molar-refractivity contribution in [3.8, 4) is 5.75 Å². The Labute approximate surface area is 121 Å². The zero-order chi connectivity index (χ0) is 16.0. The number of esters is 1. The van der Waals surface area contributed by atoms with Crippen LogP contribution in [0.3, 0.4) is 0 Å². The minimum atomic E-state index is -1.18. The average Bonchev–Trinajstić information content (AvgIpc) is 2.45. The Hall–Kier alpha value is -2.18. The summed E-state index contributed by atoms with van der Waals surface area (Å²) in [6.45, 7) is 2.71. The SMILES string of the molecule is CC[C@](C)(NC(=O)COc1ccc(F)cc1F)C(=O)OC. The Morgan fingerprint density at radius 2 is 2.00 bits per heavy atom. The quantitative estimate of drug-likeness (QED) is 0.814. The van der Waals surface area contributed by atoms with Crippen LogP contribution in [0.5, 0.6) is 5.75 Å². The average molecular weight is 301 g/mol. The molecule has 5 nitrogen and oxygen atoms in total. The number of methoxy groups -OCH3 is 1. The second-order valence-electron chi connectivity index (χ2n) is 4.59. The van der Waals surface area contributed by atoms with Crippen LogP contribution in [0.15, 0.2) is 18.2 Å². The number of amides is 1. The number of hydrogen-bond donors (Lipinski definition) is 1. The maximum atomic E-state index is 13.3. The number of ether oxygens (including phenoxy) is 2. The van der Waals surface area contributed by atoms with Crippen molar-refractivity contribution in [2.45, 2.75) is 25.8 Å². The van der Waals surface area contributed by atoms with Crippen LogP contribution in [-0.4, -0.2) is 31.1 Å². The van der Waals surface area contributed by atoms with Gasteiger partial charge in [0, 0.05) is 6.07 Å². The highest BCUT2D eigenvalue weighted by atomic mass is 19.1. The monoisotopic (exact) mass is 301 g/mol. The molecule has 0 radical (unpaired) electrons. The van der Waals surface area contributed by atoms with Crippen LogP contribution >= 0.6 is 0 Å². The van der Waals surface area contributed by atoms with Gasteiger partial charge in [-0.1, -0.05) is 6.92 Å². The lowest BCUT2D eigenvalue weighted by molar-refractivity contribution is -0.150. The summed E-state index contributed by atoms with van der Waals surface area (Å²) in [6.07, 6.45) is 0.316. The third-order valence-electron chi connectivity index (χ3n) is 3.01. The molecule has 0 unspecified atom stereocenters. The third-order valence-corrected chi connectivity index (χ3v) is 3.01. The van der Waals surface area contributed by atoms with E-state index in [1.54, 1.807) is 6.92 Å². The first kappa shape index (κ1) is 16.9. The van der Waals surface area contributed by atoms with Crippen molar-refractivity contribution in [2.75, 3.05) is 13.7 Å². The molecule has 1 aromatic rings. The van der Waals surface area contributed by atoms with E-state index in [1.807, 2.05) is 0 Å². The van der Waals surface area contributed by atoms with Crippen LogP contribution in [0.25, 0.3) is 0 Å². The topological polar surface area (TPSA) is 64.6 Å². The summed E-state index contributed by atoms with van der Waals surface area (Å²) in [7, 11) is 1.22. The van der Waals surface area contributed by atoms with Crippen molar-refractivity contribution in [3.63, 3.8) is 0 Å². The lowest BCUT2D eigenvalue weighted by Gasteiger charge is -2.26. The zero-order valence-electron chi connectivity index (χ0n) is 12.0. The van der Waals surface area contributed by atoms with Crippen molar-refractivity contribution >= 4 is 11.9 Å². The van der Waals surface area contributed by atoms with Gasteiger partial charge in [0.05, 0.1) is 7.11 Å². The maximum absolute atomic E-state index is 13.3. The number of hydrogen-bond acceptors (Lipinski definition) is 4. The van der Waals surface area contributed by atoms with E-state index in [1.165, 1.54) is 14.0 Å². The highest BCUT2D eigenvalue weighted by molar-refractivity contribution is 5.88. The van der Waals surface area contributed by atoms with E-state index in [2.05, 4.69) is 10.1 Å². The molecule has 1 N–H and O–H groups in total. The van der Waals surface area contributed by atoms with Gasteiger partial charge in [-0.05, 0) is 25.5 Å². The van der Waals surface area contributed by atoms with Gasteiger partial charge in [-0.3, -0.25) is 4.79 Å². The Bertz CT molecular complexity index is 536. The Kier molecular flexibility index (Phi) is 5.63. The molecule has 0 bridgehead atoms. The molecule has 0 aromatic heterocycles. The summed E-state index contributed by atoms with van der Waals surface area (Å²) < 4.78 is 35.6. The van der Waals surface area contributed by atoms with Crippen LogP contribution in [-0.2, 0) is 14.3 Å². The van der Waals surface area contributed by atoms with Crippen molar-refractivity contribution in [1.29, 1.82) is 0 Å². The number of halogens is 2. The molecule has 1 amide bonds. The fourth-order valence-corrected chi connectivity index (χ4v) is 1.59. The number of carbonyl (C=O) groups excluding carboxylic acids is 2. The first-order valence-corrected chi connectivity index (χ1v) is 6.29. The summed E-state index contributed by atoms with van der Waals surface area (Å²) in [5, 5.41) is 2.46.